The van der Waals surface area contributed by atoms with Crippen LogP contribution in [0, 0.1) is 17.8 Å². The number of esters is 2. The number of rotatable bonds is 33. The van der Waals surface area contributed by atoms with Crippen molar-refractivity contribution in [3.8, 4) is 0 Å². The number of ketones is 1. The number of allylic oxidation sites excluding steroid dienone is 5. The van der Waals surface area contributed by atoms with E-state index < -0.39 is 12.2 Å². The minimum Gasteiger partial charge on any atom is -0.462 e. The molecule has 1 aliphatic rings. The molecule has 0 amide bonds. The Labute approximate surface area is 305 Å². The van der Waals surface area contributed by atoms with Crippen LogP contribution in [-0.4, -0.2) is 53.4 Å². The third-order valence-corrected chi connectivity index (χ3v) is 9.61. The lowest BCUT2D eigenvalue weighted by Crippen LogP contribution is -2.28. The number of ether oxygens (including phenoxy) is 2. The normalized spacial score (nSPS) is 17.4. The Balaban J connectivity index is 2.04. The molecule has 0 aliphatic heterocycles. The molecule has 0 aromatic carbocycles. The molecule has 7 nitrogen and oxygen atoms in total. The SMILES string of the molecule is CCCCC[C@H](O)/C=C/[C@H]1C(=O)C=C[C@@H]1C/C=C\CCCC(=O)OC[C@H](CO)OC(=O)CCCCCCCCCCCCCCCCC(C)C. The van der Waals surface area contributed by atoms with Gasteiger partial charge in [-0.15, -0.1) is 0 Å². The van der Waals surface area contributed by atoms with Crippen LogP contribution in [-0.2, 0) is 23.9 Å². The molecule has 7 heteroatoms. The molecule has 1 rings (SSSR count). The highest BCUT2D eigenvalue weighted by molar-refractivity contribution is 5.95. The van der Waals surface area contributed by atoms with Gasteiger partial charge in [-0.05, 0) is 50.0 Å². The summed E-state index contributed by atoms with van der Waals surface area (Å²) < 4.78 is 10.6. The molecule has 288 valence electrons. The first kappa shape index (κ1) is 45.8. The maximum atomic E-state index is 12.3. The van der Waals surface area contributed by atoms with E-state index >= 15 is 0 Å². The van der Waals surface area contributed by atoms with Gasteiger partial charge >= 0.3 is 11.9 Å². The maximum absolute atomic E-state index is 12.3. The van der Waals surface area contributed by atoms with Gasteiger partial charge in [-0.1, -0.05) is 160 Å². The Hall–Kier alpha value is -2.25. The number of aliphatic hydroxyl groups is 2. The van der Waals surface area contributed by atoms with Crippen molar-refractivity contribution in [1.29, 1.82) is 0 Å². The van der Waals surface area contributed by atoms with Crippen LogP contribution in [0.3, 0.4) is 0 Å². The number of unbranched alkanes of at least 4 members (excludes halogenated alkanes) is 16. The molecule has 0 radical (unpaired) electrons. The van der Waals surface area contributed by atoms with Crippen molar-refractivity contribution in [3.05, 3.63) is 36.5 Å². The monoisotopic (exact) mass is 703 g/mol. The molecule has 4 atom stereocenters. The summed E-state index contributed by atoms with van der Waals surface area (Å²) in [4.78, 5) is 36.7. The van der Waals surface area contributed by atoms with Crippen molar-refractivity contribution in [2.24, 2.45) is 17.8 Å². The van der Waals surface area contributed by atoms with Crippen LogP contribution in [0.4, 0.5) is 0 Å². The highest BCUT2D eigenvalue weighted by atomic mass is 16.6. The van der Waals surface area contributed by atoms with Gasteiger partial charge < -0.3 is 19.7 Å². The summed E-state index contributed by atoms with van der Waals surface area (Å²) in [6, 6.07) is 0. The molecule has 0 saturated heterocycles. The predicted molar refractivity (Wildman–Crippen MR) is 205 cm³/mol. The Kier molecular flexibility index (Phi) is 28.8. The molecule has 0 aromatic rings. The molecule has 0 saturated carbocycles. The van der Waals surface area contributed by atoms with E-state index in [-0.39, 0.29) is 49.2 Å². The molecule has 0 spiro atoms. The summed E-state index contributed by atoms with van der Waals surface area (Å²) in [5.74, 6) is 0.0182. The largest absolute Gasteiger partial charge is 0.462 e. The van der Waals surface area contributed by atoms with Crippen LogP contribution >= 0.6 is 0 Å². The molecule has 0 aromatic heterocycles. The van der Waals surface area contributed by atoms with Gasteiger partial charge in [0.25, 0.3) is 0 Å². The molecule has 1 aliphatic carbocycles. The van der Waals surface area contributed by atoms with Gasteiger partial charge in [0.1, 0.15) is 6.61 Å². The number of hydrogen-bond acceptors (Lipinski definition) is 7. The maximum Gasteiger partial charge on any atom is 0.306 e. The van der Waals surface area contributed by atoms with Crippen molar-refractivity contribution in [2.75, 3.05) is 13.2 Å². The van der Waals surface area contributed by atoms with Gasteiger partial charge in [0.2, 0.25) is 0 Å². The average Bonchev–Trinajstić information content (AvgIpc) is 3.45. The van der Waals surface area contributed by atoms with Gasteiger partial charge in [-0.25, -0.2) is 0 Å². The summed E-state index contributed by atoms with van der Waals surface area (Å²) in [6.07, 6.45) is 35.4. The zero-order valence-electron chi connectivity index (χ0n) is 32.2. The molecular weight excluding hydrogens is 628 g/mol. The number of hydrogen-bond donors (Lipinski definition) is 2. The van der Waals surface area contributed by atoms with Crippen molar-refractivity contribution >= 4 is 17.7 Å². The van der Waals surface area contributed by atoms with Crippen LogP contribution in [0.5, 0.6) is 0 Å². The quantitative estimate of drug-likeness (QED) is 0.0398. The van der Waals surface area contributed by atoms with Gasteiger partial charge in [-0.3, -0.25) is 14.4 Å². The summed E-state index contributed by atoms with van der Waals surface area (Å²) in [5, 5.41) is 19.7. The molecule has 0 heterocycles. The first-order chi connectivity index (χ1) is 24.3. The first-order valence-electron chi connectivity index (χ1n) is 20.5. The van der Waals surface area contributed by atoms with E-state index in [9.17, 15) is 24.6 Å². The summed E-state index contributed by atoms with van der Waals surface area (Å²) >= 11 is 0. The van der Waals surface area contributed by atoms with Crippen molar-refractivity contribution < 1.29 is 34.1 Å². The number of carbonyl (C=O) groups excluding carboxylic acids is 3. The summed E-state index contributed by atoms with van der Waals surface area (Å²) in [7, 11) is 0. The fraction of sp³-hybridized carbons (Fsp3) is 0.791. The van der Waals surface area contributed by atoms with Crippen molar-refractivity contribution in [2.45, 2.75) is 187 Å². The number of aliphatic hydroxyl groups excluding tert-OH is 2. The summed E-state index contributed by atoms with van der Waals surface area (Å²) in [5.41, 5.74) is 0. The van der Waals surface area contributed by atoms with Crippen LogP contribution < -0.4 is 0 Å². The Bertz CT molecular complexity index is 953. The van der Waals surface area contributed by atoms with Crippen LogP contribution in [0.15, 0.2) is 36.5 Å². The van der Waals surface area contributed by atoms with Crippen molar-refractivity contribution in [3.63, 3.8) is 0 Å². The standard InChI is InChI=1S/C43H74O7/c1-4-5-20-27-38(45)31-32-40-37(30-33-41(40)46)26-22-18-19-23-28-42(47)49-35-39(34-44)50-43(48)29-24-17-15-13-11-9-7-6-8-10-12-14-16-21-25-36(2)3/h18,22,30-33,36-40,44-45H,4-17,19-21,23-29,34-35H2,1-3H3/b22-18-,32-31+/t37-,38-,39-,40+/m0/s1. The van der Waals surface area contributed by atoms with Gasteiger partial charge in [0.05, 0.1) is 12.7 Å². The van der Waals surface area contributed by atoms with E-state index in [1.807, 2.05) is 24.3 Å². The third-order valence-electron chi connectivity index (χ3n) is 9.61. The van der Waals surface area contributed by atoms with Gasteiger partial charge in [-0.2, -0.15) is 0 Å². The van der Waals surface area contributed by atoms with E-state index in [4.69, 9.17) is 9.47 Å². The molecular formula is C43H74O7. The smallest absolute Gasteiger partial charge is 0.306 e. The van der Waals surface area contributed by atoms with E-state index in [2.05, 4.69) is 20.8 Å². The van der Waals surface area contributed by atoms with Gasteiger partial charge in [0.15, 0.2) is 11.9 Å². The zero-order valence-corrected chi connectivity index (χ0v) is 32.2. The zero-order chi connectivity index (χ0) is 36.7. The van der Waals surface area contributed by atoms with E-state index in [1.54, 1.807) is 12.2 Å². The predicted octanol–water partition coefficient (Wildman–Crippen LogP) is 10.3. The Morgan fingerprint density at radius 2 is 1.36 bits per heavy atom. The highest BCUT2D eigenvalue weighted by Crippen LogP contribution is 2.27. The molecule has 0 fully saturated rings. The average molecular weight is 703 g/mol. The third kappa shape index (κ3) is 25.7. The minimum absolute atomic E-state index is 0.0741. The van der Waals surface area contributed by atoms with E-state index in [1.165, 1.54) is 77.0 Å². The molecule has 2 N–H and O–H groups in total. The van der Waals surface area contributed by atoms with Crippen molar-refractivity contribution in [1.82, 2.24) is 0 Å². The lowest BCUT2D eigenvalue weighted by atomic mass is 9.90. The van der Waals surface area contributed by atoms with Gasteiger partial charge in [0, 0.05) is 18.8 Å². The minimum atomic E-state index is -0.835. The van der Waals surface area contributed by atoms with Crippen LogP contribution in [0.2, 0.25) is 0 Å². The van der Waals surface area contributed by atoms with Crippen LogP contribution in [0.1, 0.15) is 175 Å². The second kappa shape index (κ2) is 31.5. The molecule has 50 heavy (non-hydrogen) atoms. The van der Waals surface area contributed by atoms with E-state index in [0.29, 0.717) is 19.3 Å². The van der Waals surface area contributed by atoms with Crippen LogP contribution in [0.25, 0.3) is 0 Å². The summed E-state index contributed by atoms with van der Waals surface area (Å²) in [6.45, 7) is 6.22. The topological polar surface area (TPSA) is 110 Å². The highest BCUT2D eigenvalue weighted by Gasteiger charge is 2.27. The lowest BCUT2D eigenvalue weighted by molar-refractivity contribution is -0.161. The second-order valence-electron chi connectivity index (χ2n) is 14.9. The fourth-order valence-electron chi connectivity index (χ4n) is 6.38. The lowest BCUT2D eigenvalue weighted by Gasteiger charge is -2.15. The molecule has 0 bridgehead atoms. The second-order valence-corrected chi connectivity index (χ2v) is 14.9. The number of carbonyl (C=O) groups is 3. The first-order valence-corrected chi connectivity index (χ1v) is 20.5. The Morgan fingerprint density at radius 1 is 0.780 bits per heavy atom. The molecule has 0 unspecified atom stereocenters. The van der Waals surface area contributed by atoms with E-state index in [0.717, 1.165) is 57.3 Å². The fourth-order valence-corrected chi connectivity index (χ4v) is 6.38. The Morgan fingerprint density at radius 3 is 1.96 bits per heavy atom.